The summed E-state index contributed by atoms with van der Waals surface area (Å²) < 4.78 is 0. The Bertz CT molecular complexity index is 433. The van der Waals surface area contributed by atoms with Crippen LogP contribution in [0.25, 0.3) is 0 Å². The van der Waals surface area contributed by atoms with Crippen molar-refractivity contribution in [2.45, 2.75) is 30.4 Å². The fourth-order valence-electron chi connectivity index (χ4n) is 2.19. The Morgan fingerprint density at radius 2 is 2.35 bits per heavy atom. The summed E-state index contributed by atoms with van der Waals surface area (Å²) >= 11 is 1.84. The van der Waals surface area contributed by atoms with Crippen LogP contribution >= 0.6 is 11.8 Å². The quantitative estimate of drug-likeness (QED) is 0.873. The average Bonchev–Trinajstić information content (AvgIpc) is 2.35. The second kappa shape index (κ2) is 5.10. The van der Waals surface area contributed by atoms with Crippen LogP contribution in [0.2, 0.25) is 0 Å². The monoisotopic (exact) mass is 250 g/mol. The smallest absolute Gasteiger partial charge is 0.240 e. The summed E-state index contributed by atoms with van der Waals surface area (Å²) in [7, 11) is 0. The molecule has 2 rings (SSSR count). The van der Waals surface area contributed by atoms with Gasteiger partial charge in [-0.15, -0.1) is 11.8 Å². The lowest BCUT2D eigenvalue weighted by molar-refractivity contribution is -0.117. The molecule has 0 saturated heterocycles. The van der Waals surface area contributed by atoms with Crippen molar-refractivity contribution >= 4 is 23.4 Å². The Balaban J connectivity index is 2.49. The van der Waals surface area contributed by atoms with Crippen molar-refractivity contribution in [3.63, 3.8) is 0 Å². The molecule has 92 valence electrons. The molecule has 0 spiro atoms. The summed E-state index contributed by atoms with van der Waals surface area (Å²) in [6.07, 6.45) is 0.937. The van der Waals surface area contributed by atoms with E-state index in [0.29, 0.717) is 5.25 Å². The van der Waals surface area contributed by atoms with E-state index >= 15 is 0 Å². The normalized spacial score (nSPS) is 19.0. The fourth-order valence-corrected chi connectivity index (χ4v) is 3.36. The minimum absolute atomic E-state index is 0.0132. The van der Waals surface area contributed by atoms with E-state index in [0.717, 1.165) is 18.7 Å². The molecule has 1 aliphatic rings. The Labute approximate surface area is 106 Å². The molecule has 4 heteroatoms. The molecule has 0 saturated carbocycles. The van der Waals surface area contributed by atoms with Crippen molar-refractivity contribution in [3.8, 4) is 0 Å². The van der Waals surface area contributed by atoms with Gasteiger partial charge in [0.25, 0.3) is 0 Å². The third kappa shape index (κ3) is 2.33. The number of para-hydroxylation sites is 1. The standard InChI is InChI=1S/C13H18N2OS/c1-3-10-5-4-6-11-13(10)15(12(16)7-14)8-9(2)17-11/h4-6,9H,3,7-8,14H2,1-2H3. The topological polar surface area (TPSA) is 46.3 Å². The zero-order chi connectivity index (χ0) is 12.4. The molecule has 1 atom stereocenters. The zero-order valence-corrected chi connectivity index (χ0v) is 11.1. The first kappa shape index (κ1) is 12.5. The van der Waals surface area contributed by atoms with Crippen LogP contribution in [0.5, 0.6) is 0 Å². The molecule has 1 amide bonds. The number of amides is 1. The van der Waals surface area contributed by atoms with Crippen LogP contribution in [-0.2, 0) is 11.2 Å². The first-order valence-corrected chi connectivity index (χ1v) is 6.84. The first-order chi connectivity index (χ1) is 8.17. The molecule has 2 N–H and O–H groups in total. The van der Waals surface area contributed by atoms with Gasteiger partial charge in [0.15, 0.2) is 0 Å². The van der Waals surface area contributed by atoms with E-state index < -0.39 is 0 Å². The highest BCUT2D eigenvalue weighted by molar-refractivity contribution is 8.00. The van der Waals surface area contributed by atoms with Gasteiger partial charge in [-0.1, -0.05) is 26.0 Å². The molecule has 0 radical (unpaired) electrons. The van der Waals surface area contributed by atoms with Gasteiger partial charge >= 0.3 is 0 Å². The van der Waals surface area contributed by atoms with Crippen LogP contribution in [-0.4, -0.2) is 24.2 Å². The molecule has 0 aromatic heterocycles. The van der Waals surface area contributed by atoms with Gasteiger partial charge in [0.1, 0.15) is 0 Å². The first-order valence-electron chi connectivity index (χ1n) is 5.96. The van der Waals surface area contributed by atoms with Gasteiger partial charge in [-0.25, -0.2) is 0 Å². The van der Waals surface area contributed by atoms with E-state index in [1.54, 1.807) is 0 Å². The van der Waals surface area contributed by atoms with E-state index in [1.807, 2.05) is 16.7 Å². The number of fused-ring (bicyclic) bond motifs is 1. The Kier molecular flexibility index (Phi) is 3.74. The highest BCUT2D eigenvalue weighted by Gasteiger charge is 2.27. The van der Waals surface area contributed by atoms with Crippen LogP contribution in [0, 0.1) is 0 Å². The number of benzene rings is 1. The maximum absolute atomic E-state index is 11.9. The van der Waals surface area contributed by atoms with Crippen molar-refractivity contribution in [3.05, 3.63) is 23.8 Å². The number of nitrogens with zero attached hydrogens (tertiary/aromatic N) is 1. The lowest BCUT2D eigenvalue weighted by atomic mass is 10.1. The number of aryl methyl sites for hydroxylation is 1. The van der Waals surface area contributed by atoms with Gasteiger partial charge in [0, 0.05) is 16.7 Å². The average molecular weight is 250 g/mol. The van der Waals surface area contributed by atoms with Crippen LogP contribution in [0.15, 0.2) is 23.1 Å². The molecular formula is C13H18N2OS. The van der Waals surface area contributed by atoms with Gasteiger partial charge in [-0.2, -0.15) is 0 Å². The molecule has 1 heterocycles. The van der Waals surface area contributed by atoms with Crippen molar-refractivity contribution < 1.29 is 4.79 Å². The fraction of sp³-hybridized carbons (Fsp3) is 0.462. The van der Waals surface area contributed by atoms with E-state index in [2.05, 4.69) is 32.0 Å². The summed E-state index contributed by atoms with van der Waals surface area (Å²) in [5.74, 6) is 0.0132. The molecular weight excluding hydrogens is 232 g/mol. The van der Waals surface area contributed by atoms with Gasteiger partial charge < -0.3 is 10.6 Å². The minimum atomic E-state index is 0.0132. The van der Waals surface area contributed by atoms with Crippen LogP contribution < -0.4 is 10.6 Å². The summed E-state index contributed by atoms with van der Waals surface area (Å²) in [4.78, 5) is 15.0. The van der Waals surface area contributed by atoms with E-state index in [1.165, 1.54) is 10.5 Å². The zero-order valence-electron chi connectivity index (χ0n) is 10.3. The summed E-state index contributed by atoms with van der Waals surface area (Å²) in [6.45, 7) is 5.09. The summed E-state index contributed by atoms with van der Waals surface area (Å²) in [5, 5.41) is 0.421. The van der Waals surface area contributed by atoms with E-state index in [-0.39, 0.29) is 12.5 Å². The predicted octanol–water partition coefficient (Wildman–Crippen LogP) is 2.03. The largest absolute Gasteiger partial charge is 0.322 e. The number of hydrogen-bond acceptors (Lipinski definition) is 3. The van der Waals surface area contributed by atoms with Crippen LogP contribution in [0.3, 0.4) is 0 Å². The molecule has 0 aliphatic carbocycles. The molecule has 1 aromatic rings. The van der Waals surface area contributed by atoms with Gasteiger partial charge in [-0.3, -0.25) is 4.79 Å². The second-order valence-corrected chi connectivity index (χ2v) is 5.73. The Hall–Kier alpha value is -1.000. The number of nitrogens with two attached hydrogens (primary N) is 1. The maximum Gasteiger partial charge on any atom is 0.240 e. The molecule has 3 nitrogen and oxygen atoms in total. The van der Waals surface area contributed by atoms with Crippen molar-refractivity contribution in [2.24, 2.45) is 5.73 Å². The maximum atomic E-state index is 11.9. The molecule has 0 fully saturated rings. The third-order valence-corrected chi connectivity index (χ3v) is 4.11. The summed E-state index contributed by atoms with van der Waals surface area (Å²) in [5.41, 5.74) is 7.80. The summed E-state index contributed by atoms with van der Waals surface area (Å²) in [6, 6.07) is 6.24. The number of hydrogen-bond donors (Lipinski definition) is 1. The van der Waals surface area contributed by atoms with Gasteiger partial charge in [0.05, 0.1) is 12.2 Å². The van der Waals surface area contributed by atoms with E-state index in [4.69, 9.17) is 5.73 Å². The molecule has 17 heavy (non-hydrogen) atoms. The predicted molar refractivity (Wildman–Crippen MR) is 72.5 cm³/mol. The Morgan fingerprint density at radius 3 is 3.00 bits per heavy atom. The number of anilines is 1. The lowest BCUT2D eigenvalue weighted by Gasteiger charge is -2.34. The van der Waals surface area contributed by atoms with E-state index in [9.17, 15) is 4.79 Å². The SMILES string of the molecule is CCc1cccc2c1N(C(=O)CN)CC(C)S2. The number of carbonyl (C=O) groups is 1. The highest BCUT2D eigenvalue weighted by atomic mass is 32.2. The lowest BCUT2D eigenvalue weighted by Crippen LogP contribution is -2.42. The van der Waals surface area contributed by atoms with Crippen molar-refractivity contribution in [2.75, 3.05) is 18.0 Å². The third-order valence-electron chi connectivity index (χ3n) is 2.98. The molecule has 1 aromatic carbocycles. The molecule has 0 bridgehead atoms. The van der Waals surface area contributed by atoms with Gasteiger partial charge in [0.2, 0.25) is 5.91 Å². The highest BCUT2D eigenvalue weighted by Crippen LogP contribution is 2.40. The number of rotatable bonds is 2. The molecule has 1 unspecified atom stereocenters. The van der Waals surface area contributed by atoms with Gasteiger partial charge in [-0.05, 0) is 18.1 Å². The molecule has 1 aliphatic heterocycles. The van der Waals surface area contributed by atoms with Crippen molar-refractivity contribution in [1.82, 2.24) is 0 Å². The number of thioether (sulfide) groups is 1. The van der Waals surface area contributed by atoms with Crippen LogP contribution in [0.4, 0.5) is 5.69 Å². The minimum Gasteiger partial charge on any atom is -0.322 e. The Morgan fingerprint density at radius 1 is 1.59 bits per heavy atom. The second-order valence-electron chi connectivity index (χ2n) is 4.25. The number of carbonyl (C=O) groups excluding carboxylic acids is 1. The van der Waals surface area contributed by atoms with Crippen molar-refractivity contribution in [1.29, 1.82) is 0 Å². The van der Waals surface area contributed by atoms with Crippen LogP contribution in [0.1, 0.15) is 19.4 Å².